The molecule has 0 aromatic carbocycles. The van der Waals surface area contributed by atoms with Gasteiger partial charge in [-0.05, 0) is 18.6 Å². The molecule has 2 heterocycles. The van der Waals surface area contributed by atoms with E-state index in [0.717, 1.165) is 11.3 Å². The van der Waals surface area contributed by atoms with Gasteiger partial charge in [0.25, 0.3) is 0 Å². The fraction of sp³-hybridized carbons (Fsp3) is 0.600. The summed E-state index contributed by atoms with van der Waals surface area (Å²) in [7, 11) is -2.83. The second-order valence-electron chi connectivity index (χ2n) is 3.78. The molecular weight excluding hydrogens is 230 g/mol. The lowest BCUT2D eigenvalue weighted by Crippen LogP contribution is -2.38. The molecule has 1 aliphatic rings. The summed E-state index contributed by atoms with van der Waals surface area (Å²) in [6.45, 7) is 2.69. The van der Waals surface area contributed by atoms with Gasteiger partial charge in [-0.2, -0.15) is 0 Å². The topological polar surface area (TPSA) is 46.2 Å². The summed E-state index contributed by atoms with van der Waals surface area (Å²) < 4.78 is 23.0. The first-order valence-corrected chi connectivity index (χ1v) is 7.77. The third-order valence-electron chi connectivity index (χ3n) is 2.60. The standard InChI is InChI=1S/C10H15NO2S2/c1-2-8-3-4-10(14-8)9-7-15(12,13)6-5-11-9/h3-4,9,11H,2,5-7H2,1H3. The second-order valence-corrected chi connectivity index (χ2v) is 7.21. The Balaban J connectivity index is 2.17. The van der Waals surface area contributed by atoms with Gasteiger partial charge in [0.2, 0.25) is 0 Å². The molecule has 5 heteroatoms. The fourth-order valence-corrected chi connectivity index (χ4v) is 4.27. The molecule has 0 saturated carbocycles. The summed E-state index contributed by atoms with van der Waals surface area (Å²) in [5.74, 6) is 0.520. The van der Waals surface area contributed by atoms with Gasteiger partial charge in [0.15, 0.2) is 9.84 Å². The molecule has 1 aliphatic heterocycles. The van der Waals surface area contributed by atoms with Gasteiger partial charge in [-0.3, -0.25) is 0 Å². The number of hydrogen-bond acceptors (Lipinski definition) is 4. The zero-order valence-electron chi connectivity index (χ0n) is 8.69. The quantitative estimate of drug-likeness (QED) is 0.856. The average Bonchev–Trinajstić information content (AvgIpc) is 2.64. The van der Waals surface area contributed by atoms with E-state index in [-0.39, 0.29) is 17.5 Å². The third-order valence-corrected chi connectivity index (χ3v) is 5.61. The fourth-order valence-electron chi connectivity index (χ4n) is 1.74. The molecule has 1 aromatic rings. The molecule has 3 nitrogen and oxygen atoms in total. The lowest BCUT2D eigenvalue weighted by Gasteiger charge is -2.22. The molecule has 1 aromatic heterocycles. The lowest BCUT2D eigenvalue weighted by atomic mass is 10.2. The van der Waals surface area contributed by atoms with E-state index in [1.165, 1.54) is 4.88 Å². The minimum Gasteiger partial charge on any atom is -0.307 e. The molecule has 0 bridgehead atoms. The number of aryl methyl sites for hydroxylation is 1. The van der Waals surface area contributed by atoms with Crippen LogP contribution in [0.2, 0.25) is 0 Å². The molecule has 0 aliphatic carbocycles. The Morgan fingerprint density at radius 3 is 2.93 bits per heavy atom. The predicted molar refractivity (Wildman–Crippen MR) is 63.1 cm³/mol. The minimum atomic E-state index is -2.83. The zero-order chi connectivity index (χ0) is 10.9. The van der Waals surface area contributed by atoms with Crippen molar-refractivity contribution in [2.75, 3.05) is 18.1 Å². The van der Waals surface area contributed by atoms with Crippen molar-refractivity contribution < 1.29 is 8.42 Å². The summed E-state index contributed by atoms with van der Waals surface area (Å²) in [5, 5.41) is 3.26. The van der Waals surface area contributed by atoms with Crippen LogP contribution in [0.15, 0.2) is 12.1 Å². The first-order valence-electron chi connectivity index (χ1n) is 5.13. The maximum absolute atomic E-state index is 11.5. The van der Waals surface area contributed by atoms with E-state index in [0.29, 0.717) is 6.54 Å². The molecule has 2 rings (SSSR count). The van der Waals surface area contributed by atoms with E-state index < -0.39 is 9.84 Å². The summed E-state index contributed by atoms with van der Waals surface area (Å²) >= 11 is 1.71. The Hall–Kier alpha value is -0.390. The normalized spacial score (nSPS) is 25.3. The molecule has 15 heavy (non-hydrogen) atoms. The molecule has 1 fully saturated rings. The van der Waals surface area contributed by atoms with E-state index in [1.54, 1.807) is 11.3 Å². The third kappa shape index (κ3) is 2.59. The smallest absolute Gasteiger partial charge is 0.153 e. The first-order chi connectivity index (χ1) is 7.11. The van der Waals surface area contributed by atoms with Crippen molar-refractivity contribution in [1.29, 1.82) is 0 Å². The van der Waals surface area contributed by atoms with E-state index >= 15 is 0 Å². The van der Waals surface area contributed by atoms with Gasteiger partial charge in [0, 0.05) is 16.3 Å². The van der Waals surface area contributed by atoms with Crippen LogP contribution in [-0.2, 0) is 16.3 Å². The average molecular weight is 245 g/mol. The summed E-state index contributed by atoms with van der Waals surface area (Å²) in [4.78, 5) is 2.46. The summed E-state index contributed by atoms with van der Waals surface area (Å²) in [5.41, 5.74) is 0. The Morgan fingerprint density at radius 2 is 2.33 bits per heavy atom. The van der Waals surface area contributed by atoms with E-state index in [2.05, 4.69) is 18.3 Å². The van der Waals surface area contributed by atoms with Crippen molar-refractivity contribution in [2.24, 2.45) is 0 Å². The van der Waals surface area contributed by atoms with E-state index in [1.807, 2.05) is 6.07 Å². The van der Waals surface area contributed by atoms with Crippen LogP contribution in [0.5, 0.6) is 0 Å². The van der Waals surface area contributed by atoms with Gasteiger partial charge in [0.05, 0.1) is 17.5 Å². The van der Waals surface area contributed by atoms with Gasteiger partial charge in [0.1, 0.15) is 0 Å². The van der Waals surface area contributed by atoms with Crippen molar-refractivity contribution in [3.8, 4) is 0 Å². The van der Waals surface area contributed by atoms with Crippen molar-refractivity contribution in [3.05, 3.63) is 21.9 Å². The second kappa shape index (κ2) is 4.23. The predicted octanol–water partition coefficient (Wildman–Crippen LogP) is 1.37. The van der Waals surface area contributed by atoms with Crippen molar-refractivity contribution in [1.82, 2.24) is 5.32 Å². The van der Waals surface area contributed by atoms with Crippen LogP contribution in [-0.4, -0.2) is 26.5 Å². The van der Waals surface area contributed by atoms with Gasteiger partial charge < -0.3 is 5.32 Å². The molecule has 84 valence electrons. The summed E-state index contributed by atoms with van der Waals surface area (Å²) in [6.07, 6.45) is 1.02. The molecule has 0 spiro atoms. The molecule has 1 atom stereocenters. The van der Waals surface area contributed by atoms with Crippen LogP contribution >= 0.6 is 11.3 Å². The first kappa shape index (κ1) is 11.1. The van der Waals surface area contributed by atoms with Crippen LogP contribution in [0, 0.1) is 0 Å². The van der Waals surface area contributed by atoms with Crippen molar-refractivity contribution >= 4 is 21.2 Å². The molecule has 0 radical (unpaired) electrons. The minimum absolute atomic E-state index is 0.00838. The Labute approximate surface area is 94.4 Å². The summed E-state index contributed by atoms with van der Waals surface area (Å²) in [6, 6.07) is 4.14. The van der Waals surface area contributed by atoms with Crippen LogP contribution in [0.1, 0.15) is 22.7 Å². The van der Waals surface area contributed by atoms with Crippen LogP contribution in [0.4, 0.5) is 0 Å². The van der Waals surface area contributed by atoms with Crippen LogP contribution in [0.25, 0.3) is 0 Å². The number of sulfone groups is 1. The van der Waals surface area contributed by atoms with Crippen LogP contribution in [0.3, 0.4) is 0 Å². The molecule has 0 amide bonds. The van der Waals surface area contributed by atoms with E-state index in [9.17, 15) is 8.42 Å². The van der Waals surface area contributed by atoms with Gasteiger partial charge in [-0.1, -0.05) is 6.92 Å². The molecule has 1 N–H and O–H groups in total. The van der Waals surface area contributed by atoms with Gasteiger partial charge in [-0.25, -0.2) is 8.42 Å². The largest absolute Gasteiger partial charge is 0.307 e. The molecular formula is C10H15NO2S2. The molecule has 1 saturated heterocycles. The highest BCUT2D eigenvalue weighted by Gasteiger charge is 2.26. The highest BCUT2D eigenvalue weighted by atomic mass is 32.2. The number of thiophene rings is 1. The SMILES string of the molecule is CCc1ccc(C2CS(=O)(=O)CCN2)s1. The van der Waals surface area contributed by atoms with Crippen LogP contribution < -0.4 is 5.32 Å². The monoisotopic (exact) mass is 245 g/mol. The zero-order valence-corrected chi connectivity index (χ0v) is 10.3. The Morgan fingerprint density at radius 1 is 1.53 bits per heavy atom. The van der Waals surface area contributed by atoms with Crippen molar-refractivity contribution in [3.63, 3.8) is 0 Å². The lowest BCUT2D eigenvalue weighted by molar-refractivity contribution is 0.535. The number of nitrogens with one attached hydrogen (secondary N) is 1. The number of hydrogen-bond donors (Lipinski definition) is 1. The maximum atomic E-state index is 11.5. The Kier molecular flexibility index (Phi) is 3.13. The van der Waals surface area contributed by atoms with Gasteiger partial charge in [-0.15, -0.1) is 11.3 Å². The highest BCUT2D eigenvalue weighted by molar-refractivity contribution is 7.91. The highest BCUT2D eigenvalue weighted by Crippen LogP contribution is 2.26. The van der Waals surface area contributed by atoms with Crippen molar-refractivity contribution in [2.45, 2.75) is 19.4 Å². The van der Waals surface area contributed by atoms with E-state index in [4.69, 9.17) is 0 Å². The maximum Gasteiger partial charge on any atom is 0.153 e. The molecule has 1 unspecified atom stereocenters. The number of rotatable bonds is 2. The Bertz CT molecular complexity index is 436. The van der Waals surface area contributed by atoms with Gasteiger partial charge >= 0.3 is 0 Å².